The molecule has 0 aromatic heterocycles. The van der Waals surface area contributed by atoms with Crippen molar-refractivity contribution in [3.63, 3.8) is 0 Å². The molecule has 0 amide bonds. The normalized spacial score (nSPS) is 11.8. The van der Waals surface area contributed by atoms with Gasteiger partial charge in [-0.05, 0) is 24.1 Å². The highest BCUT2D eigenvalue weighted by Crippen LogP contribution is 2.17. The van der Waals surface area contributed by atoms with Crippen LogP contribution >= 0.6 is 0 Å². The van der Waals surface area contributed by atoms with Gasteiger partial charge in [-0.25, -0.2) is 4.79 Å². The van der Waals surface area contributed by atoms with E-state index in [0.29, 0.717) is 5.69 Å². The van der Waals surface area contributed by atoms with Gasteiger partial charge in [0.05, 0.1) is 5.69 Å². The lowest BCUT2D eigenvalue weighted by molar-refractivity contribution is 0.565. The summed E-state index contributed by atoms with van der Waals surface area (Å²) < 4.78 is 0. The lowest BCUT2D eigenvalue weighted by Gasteiger charge is -2.07. The maximum atomic E-state index is 9.93. The second kappa shape index (κ2) is 4.55. The Balaban J connectivity index is 2.86. The quantitative estimate of drug-likeness (QED) is 0.566. The molecule has 1 aromatic carbocycles. The van der Waals surface area contributed by atoms with Gasteiger partial charge < -0.3 is 5.73 Å². The van der Waals surface area contributed by atoms with Crippen molar-refractivity contribution in [3.05, 3.63) is 29.8 Å². The van der Waals surface area contributed by atoms with Crippen LogP contribution in [0.5, 0.6) is 0 Å². The molecule has 0 heterocycles. The minimum Gasteiger partial charge on any atom is -0.324 e. The Bertz CT molecular complexity index is 312. The van der Waals surface area contributed by atoms with E-state index < -0.39 is 0 Å². The zero-order valence-electron chi connectivity index (χ0n) is 7.53. The van der Waals surface area contributed by atoms with Crippen LogP contribution in [-0.2, 0) is 4.79 Å². The van der Waals surface area contributed by atoms with Crippen LogP contribution in [-0.4, -0.2) is 6.08 Å². The molecule has 0 bridgehead atoms. The molecular formula is C10H12N2O. The molecule has 0 radical (unpaired) electrons. The molecule has 0 saturated carbocycles. The van der Waals surface area contributed by atoms with Gasteiger partial charge in [0.25, 0.3) is 0 Å². The number of hydrogen-bond donors (Lipinski definition) is 1. The standard InChI is InChI=1S/C10H12N2O/c1-2-10(11)8-3-5-9(6-4-8)12-7-13/h3-6,10H,2,11H2,1H3. The van der Waals surface area contributed by atoms with E-state index in [9.17, 15) is 4.79 Å². The van der Waals surface area contributed by atoms with Gasteiger partial charge in [0.2, 0.25) is 6.08 Å². The Kier molecular flexibility index (Phi) is 3.38. The van der Waals surface area contributed by atoms with E-state index in [1.54, 1.807) is 12.1 Å². The maximum Gasteiger partial charge on any atom is 0.240 e. The van der Waals surface area contributed by atoms with Crippen LogP contribution in [0.3, 0.4) is 0 Å². The fraction of sp³-hybridized carbons (Fsp3) is 0.300. The predicted octanol–water partition coefficient (Wildman–Crippen LogP) is 2.06. The molecule has 2 N–H and O–H groups in total. The van der Waals surface area contributed by atoms with E-state index in [1.165, 1.54) is 6.08 Å². The lowest BCUT2D eigenvalue weighted by Crippen LogP contribution is -2.07. The molecule has 0 fully saturated rings. The van der Waals surface area contributed by atoms with Gasteiger partial charge >= 0.3 is 0 Å². The van der Waals surface area contributed by atoms with E-state index in [2.05, 4.69) is 4.99 Å². The number of rotatable bonds is 3. The smallest absolute Gasteiger partial charge is 0.240 e. The average molecular weight is 176 g/mol. The van der Waals surface area contributed by atoms with E-state index in [-0.39, 0.29) is 6.04 Å². The van der Waals surface area contributed by atoms with Crippen LogP contribution in [0.1, 0.15) is 24.9 Å². The fourth-order valence-electron chi connectivity index (χ4n) is 1.08. The molecular weight excluding hydrogens is 164 g/mol. The molecule has 1 aromatic rings. The number of isocyanates is 1. The first kappa shape index (κ1) is 9.65. The van der Waals surface area contributed by atoms with Crippen LogP contribution in [0.2, 0.25) is 0 Å². The Hall–Kier alpha value is -1.44. The highest BCUT2D eigenvalue weighted by Gasteiger charge is 2.01. The van der Waals surface area contributed by atoms with Crippen molar-refractivity contribution in [1.29, 1.82) is 0 Å². The number of nitrogens with zero attached hydrogens (tertiary/aromatic N) is 1. The third kappa shape index (κ3) is 2.51. The minimum absolute atomic E-state index is 0.0641. The fourth-order valence-corrected chi connectivity index (χ4v) is 1.08. The zero-order chi connectivity index (χ0) is 9.68. The summed E-state index contributed by atoms with van der Waals surface area (Å²) in [5.41, 5.74) is 7.49. The topological polar surface area (TPSA) is 55.4 Å². The van der Waals surface area contributed by atoms with Gasteiger partial charge in [-0.15, -0.1) is 0 Å². The van der Waals surface area contributed by atoms with Crippen LogP contribution < -0.4 is 5.73 Å². The Labute approximate surface area is 77.3 Å². The lowest BCUT2D eigenvalue weighted by atomic mass is 10.1. The first-order chi connectivity index (χ1) is 6.27. The van der Waals surface area contributed by atoms with Crippen LogP contribution in [0.15, 0.2) is 29.3 Å². The molecule has 0 saturated heterocycles. The number of hydrogen-bond acceptors (Lipinski definition) is 3. The summed E-state index contributed by atoms with van der Waals surface area (Å²) >= 11 is 0. The molecule has 13 heavy (non-hydrogen) atoms. The van der Waals surface area contributed by atoms with Crippen LogP contribution in [0, 0.1) is 0 Å². The highest BCUT2D eigenvalue weighted by atomic mass is 16.1. The monoisotopic (exact) mass is 176 g/mol. The van der Waals surface area contributed by atoms with Crippen molar-refractivity contribution in [2.45, 2.75) is 19.4 Å². The second-order valence-corrected chi connectivity index (χ2v) is 2.81. The SMILES string of the molecule is CCC(N)c1ccc(N=C=O)cc1. The minimum atomic E-state index is 0.0641. The molecule has 1 atom stereocenters. The number of aliphatic imine (C=N–C) groups is 1. The van der Waals surface area contributed by atoms with Crippen LogP contribution in [0.4, 0.5) is 5.69 Å². The van der Waals surface area contributed by atoms with Gasteiger partial charge in [-0.1, -0.05) is 19.1 Å². The molecule has 1 unspecified atom stereocenters. The van der Waals surface area contributed by atoms with Gasteiger partial charge in [-0.2, -0.15) is 4.99 Å². The predicted molar refractivity (Wildman–Crippen MR) is 51.4 cm³/mol. The van der Waals surface area contributed by atoms with Crippen molar-refractivity contribution in [2.24, 2.45) is 10.7 Å². The Morgan fingerprint density at radius 2 is 2.08 bits per heavy atom. The summed E-state index contributed by atoms with van der Waals surface area (Å²) in [4.78, 5) is 13.4. The highest BCUT2D eigenvalue weighted by molar-refractivity contribution is 5.49. The largest absolute Gasteiger partial charge is 0.324 e. The molecule has 0 aliphatic carbocycles. The van der Waals surface area contributed by atoms with Crippen LogP contribution in [0.25, 0.3) is 0 Å². The summed E-state index contributed by atoms with van der Waals surface area (Å²) in [6.45, 7) is 2.03. The molecule has 0 spiro atoms. The van der Waals surface area contributed by atoms with Gasteiger partial charge in [-0.3, -0.25) is 0 Å². The Morgan fingerprint density at radius 1 is 1.46 bits per heavy atom. The van der Waals surface area contributed by atoms with E-state index in [4.69, 9.17) is 5.73 Å². The summed E-state index contributed by atoms with van der Waals surface area (Å²) in [7, 11) is 0. The van der Waals surface area contributed by atoms with Crippen molar-refractivity contribution in [2.75, 3.05) is 0 Å². The van der Waals surface area contributed by atoms with Gasteiger partial charge in [0.1, 0.15) is 0 Å². The van der Waals surface area contributed by atoms with Crippen molar-refractivity contribution in [3.8, 4) is 0 Å². The third-order valence-corrected chi connectivity index (χ3v) is 1.94. The summed E-state index contributed by atoms with van der Waals surface area (Å²) in [5.74, 6) is 0. The average Bonchev–Trinajstić information content (AvgIpc) is 2.18. The first-order valence-electron chi connectivity index (χ1n) is 4.21. The number of carbonyl (C=O) groups excluding carboxylic acids is 1. The molecule has 68 valence electrons. The molecule has 3 heteroatoms. The zero-order valence-corrected chi connectivity index (χ0v) is 7.53. The summed E-state index contributed by atoms with van der Waals surface area (Å²) in [5, 5.41) is 0. The van der Waals surface area contributed by atoms with E-state index in [1.807, 2.05) is 19.1 Å². The van der Waals surface area contributed by atoms with Crippen molar-refractivity contribution >= 4 is 11.8 Å². The van der Waals surface area contributed by atoms with Gasteiger partial charge in [0.15, 0.2) is 0 Å². The van der Waals surface area contributed by atoms with Crippen molar-refractivity contribution in [1.82, 2.24) is 0 Å². The summed E-state index contributed by atoms with van der Waals surface area (Å²) in [6.07, 6.45) is 2.39. The number of nitrogens with two attached hydrogens (primary N) is 1. The Morgan fingerprint density at radius 3 is 2.54 bits per heavy atom. The molecule has 0 aliphatic heterocycles. The maximum absolute atomic E-state index is 9.93. The van der Waals surface area contributed by atoms with E-state index in [0.717, 1.165) is 12.0 Å². The second-order valence-electron chi connectivity index (χ2n) is 2.81. The van der Waals surface area contributed by atoms with Gasteiger partial charge in [0, 0.05) is 6.04 Å². The molecule has 3 nitrogen and oxygen atoms in total. The number of benzene rings is 1. The van der Waals surface area contributed by atoms with Crippen molar-refractivity contribution < 1.29 is 4.79 Å². The van der Waals surface area contributed by atoms with E-state index >= 15 is 0 Å². The first-order valence-corrected chi connectivity index (χ1v) is 4.21. The summed E-state index contributed by atoms with van der Waals surface area (Å²) in [6, 6.07) is 7.34. The molecule has 0 aliphatic rings. The third-order valence-electron chi connectivity index (χ3n) is 1.94. The molecule has 1 rings (SSSR count).